The fourth-order valence-electron chi connectivity index (χ4n) is 1.69. The van der Waals surface area contributed by atoms with Gasteiger partial charge in [-0.2, -0.15) is 0 Å². The number of hydrogen-bond donors (Lipinski definition) is 3. The molecule has 2 rings (SSSR count). The molecule has 4 N–H and O–H groups in total. The van der Waals surface area contributed by atoms with Crippen LogP contribution >= 0.6 is 0 Å². The Kier molecular flexibility index (Phi) is 5.02. The molecule has 22 heavy (non-hydrogen) atoms. The van der Waals surface area contributed by atoms with E-state index in [0.717, 1.165) is 5.56 Å². The maximum absolute atomic E-state index is 12.1. The maximum Gasteiger partial charge on any atom is 0.334 e. The molecule has 2 aromatic rings. The Hall–Kier alpha value is -2.52. The number of benzene rings is 1. The Morgan fingerprint density at radius 1 is 1.18 bits per heavy atom. The van der Waals surface area contributed by atoms with Crippen LogP contribution in [0.4, 0.5) is 10.6 Å². The standard InChI is InChI=1S/C13H15N5O3S/c14-6-5-10-1-3-11(4-2-10)22(20,21)18-13(19)17-12-9-15-7-8-16-12/h1-4,7-9H,5-6,14H2,(H2,16,17,18,19). The van der Waals surface area contributed by atoms with Gasteiger partial charge in [0.05, 0.1) is 11.1 Å². The van der Waals surface area contributed by atoms with Gasteiger partial charge in [0.15, 0.2) is 5.82 Å². The van der Waals surface area contributed by atoms with Crippen molar-refractivity contribution in [3.63, 3.8) is 0 Å². The Labute approximate surface area is 127 Å². The minimum Gasteiger partial charge on any atom is -0.330 e. The average molecular weight is 321 g/mol. The summed E-state index contributed by atoms with van der Waals surface area (Å²) in [4.78, 5) is 19.2. The average Bonchev–Trinajstić information content (AvgIpc) is 2.48. The number of carbonyl (C=O) groups excluding carboxylic acids is 1. The molecule has 0 atom stereocenters. The lowest BCUT2D eigenvalue weighted by atomic mass is 10.2. The highest BCUT2D eigenvalue weighted by atomic mass is 32.2. The number of rotatable bonds is 5. The number of sulfonamides is 1. The van der Waals surface area contributed by atoms with Gasteiger partial charge in [0.1, 0.15) is 0 Å². The first kappa shape index (κ1) is 15.9. The molecule has 0 unspecified atom stereocenters. The number of carbonyl (C=O) groups is 1. The summed E-state index contributed by atoms with van der Waals surface area (Å²) in [6.07, 6.45) is 4.76. The zero-order chi connectivity index (χ0) is 16.0. The second kappa shape index (κ2) is 6.96. The van der Waals surface area contributed by atoms with Crippen LogP contribution in [0.25, 0.3) is 0 Å². The van der Waals surface area contributed by atoms with Crippen LogP contribution in [0.15, 0.2) is 47.8 Å². The van der Waals surface area contributed by atoms with E-state index >= 15 is 0 Å². The summed E-state index contributed by atoms with van der Waals surface area (Å²) in [6.45, 7) is 0.477. The molecular formula is C13H15N5O3S. The highest BCUT2D eigenvalue weighted by Crippen LogP contribution is 2.11. The van der Waals surface area contributed by atoms with Gasteiger partial charge < -0.3 is 5.73 Å². The van der Waals surface area contributed by atoms with E-state index < -0.39 is 16.1 Å². The molecule has 0 radical (unpaired) electrons. The summed E-state index contributed by atoms with van der Waals surface area (Å²) in [6, 6.07) is 5.24. The molecule has 1 heterocycles. The number of urea groups is 1. The zero-order valence-corrected chi connectivity index (χ0v) is 12.4. The van der Waals surface area contributed by atoms with Gasteiger partial charge in [0.2, 0.25) is 0 Å². The van der Waals surface area contributed by atoms with Gasteiger partial charge in [0.25, 0.3) is 10.0 Å². The fraction of sp³-hybridized carbons (Fsp3) is 0.154. The monoisotopic (exact) mass is 321 g/mol. The second-order valence-electron chi connectivity index (χ2n) is 4.33. The Morgan fingerprint density at radius 2 is 1.91 bits per heavy atom. The quantitative estimate of drug-likeness (QED) is 0.735. The van der Waals surface area contributed by atoms with Crippen LogP contribution in [0.2, 0.25) is 0 Å². The van der Waals surface area contributed by atoms with Crippen LogP contribution < -0.4 is 15.8 Å². The topological polar surface area (TPSA) is 127 Å². The van der Waals surface area contributed by atoms with E-state index in [1.54, 1.807) is 12.1 Å². The van der Waals surface area contributed by atoms with Crippen molar-refractivity contribution in [3.05, 3.63) is 48.4 Å². The molecule has 0 bridgehead atoms. The molecule has 0 aliphatic heterocycles. The Bertz CT molecular complexity index is 732. The first-order valence-electron chi connectivity index (χ1n) is 6.40. The molecule has 116 valence electrons. The van der Waals surface area contributed by atoms with Gasteiger partial charge in [-0.15, -0.1) is 0 Å². The predicted molar refractivity (Wildman–Crippen MR) is 80.6 cm³/mol. The molecular weight excluding hydrogens is 306 g/mol. The number of anilines is 1. The summed E-state index contributed by atoms with van der Waals surface area (Å²) >= 11 is 0. The molecule has 1 aromatic carbocycles. The fourth-order valence-corrected chi connectivity index (χ4v) is 2.60. The Balaban J connectivity index is 2.05. The van der Waals surface area contributed by atoms with Crippen LogP contribution in [-0.4, -0.2) is 31.0 Å². The van der Waals surface area contributed by atoms with Crippen LogP contribution in [0, 0.1) is 0 Å². The van der Waals surface area contributed by atoms with Gasteiger partial charge in [-0.3, -0.25) is 10.3 Å². The number of aromatic nitrogens is 2. The van der Waals surface area contributed by atoms with Gasteiger partial charge in [-0.05, 0) is 30.7 Å². The molecule has 9 heteroatoms. The third-order valence-electron chi connectivity index (χ3n) is 2.70. The van der Waals surface area contributed by atoms with Crippen molar-refractivity contribution < 1.29 is 13.2 Å². The largest absolute Gasteiger partial charge is 0.334 e. The minimum absolute atomic E-state index is 0.0115. The Morgan fingerprint density at radius 3 is 2.50 bits per heavy atom. The predicted octanol–water partition coefficient (Wildman–Crippen LogP) is 0.488. The lowest BCUT2D eigenvalue weighted by Crippen LogP contribution is -2.34. The molecule has 2 amide bonds. The number of hydrogen-bond acceptors (Lipinski definition) is 6. The third kappa shape index (κ3) is 4.24. The molecule has 0 saturated heterocycles. The van der Waals surface area contributed by atoms with E-state index in [1.807, 2.05) is 4.72 Å². The molecule has 0 aliphatic rings. The van der Waals surface area contributed by atoms with Crippen LogP contribution in [-0.2, 0) is 16.4 Å². The van der Waals surface area contributed by atoms with Crippen molar-refractivity contribution in [1.82, 2.24) is 14.7 Å². The number of nitrogens with zero attached hydrogens (tertiary/aromatic N) is 2. The molecule has 0 saturated carbocycles. The van der Waals surface area contributed by atoms with Gasteiger partial charge >= 0.3 is 6.03 Å². The minimum atomic E-state index is -3.95. The van der Waals surface area contributed by atoms with Crippen molar-refractivity contribution in [1.29, 1.82) is 0 Å². The summed E-state index contributed by atoms with van der Waals surface area (Å²) < 4.78 is 26.0. The van der Waals surface area contributed by atoms with E-state index in [0.29, 0.717) is 13.0 Å². The normalized spacial score (nSPS) is 11.0. The van der Waals surface area contributed by atoms with Crippen LogP contribution in [0.5, 0.6) is 0 Å². The van der Waals surface area contributed by atoms with E-state index in [9.17, 15) is 13.2 Å². The lowest BCUT2D eigenvalue weighted by molar-refractivity contribution is 0.256. The van der Waals surface area contributed by atoms with Gasteiger partial charge in [-0.1, -0.05) is 12.1 Å². The van der Waals surface area contributed by atoms with E-state index in [-0.39, 0.29) is 10.7 Å². The molecule has 8 nitrogen and oxygen atoms in total. The summed E-state index contributed by atoms with van der Waals surface area (Å²) in [7, 11) is -3.95. The van der Waals surface area contributed by atoms with Gasteiger partial charge in [-0.25, -0.2) is 22.9 Å². The number of amides is 2. The van der Waals surface area contributed by atoms with Crippen molar-refractivity contribution >= 4 is 21.9 Å². The third-order valence-corrected chi connectivity index (χ3v) is 4.05. The first-order valence-corrected chi connectivity index (χ1v) is 7.88. The second-order valence-corrected chi connectivity index (χ2v) is 6.02. The highest BCUT2D eigenvalue weighted by molar-refractivity contribution is 7.90. The van der Waals surface area contributed by atoms with Crippen molar-refractivity contribution in [2.75, 3.05) is 11.9 Å². The van der Waals surface area contributed by atoms with Crippen molar-refractivity contribution in [2.45, 2.75) is 11.3 Å². The first-order chi connectivity index (χ1) is 10.5. The highest BCUT2D eigenvalue weighted by Gasteiger charge is 2.17. The lowest BCUT2D eigenvalue weighted by Gasteiger charge is -2.08. The summed E-state index contributed by atoms with van der Waals surface area (Å²) in [5.41, 5.74) is 6.35. The molecule has 0 fully saturated rings. The molecule has 1 aromatic heterocycles. The van der Waals surface area contributed by atoms with E-state index in [4.69, 9.17) is 5.73 Å². The number of nitrogens with one attached hydrogen (secondary N) is 2. The zero-order valence-electron chi connectivity index (χ0n) is 11.6. The SMILES string of the molecule is NCCc1ccc(S(=O)(=O)NC(=O)Nc2cnccn2)cc1. The van der Waals surface area contributed by atoms with E-state index in [2.05, 4.69) is 15.3 Å². The maximum atomic E-state index is 12.1. The molecule has 0 spiro atoms. The smallest absolute Gasteiger partial charge is 0.330 e. The summed E-state index contributed by atoms with van der Waals surface area (Å²) in [5, 5.41) is 2.28. The van der Waals surface area contributed by atoms with Crippen molar-refractivity contribution in [3.8, 4) is 0 Å². The van der Waals surface area contributed by atoms with Gasteiger partial charge in [0, 0.05) is 12.4 Å². The number of nitrogens with two attached hydrogens (primary N) is 1. The van der Waals surface area contributed by atoms with E-state index in [1.165, 1.54) is 30.7 Å². The van der Waals surface area contributed by atoms with Crippen LogP contribution in [0.1, 0.15) is 5.56 Å². The molecule has 0 aliphatic carbocycles. The summed E-state index contributed by atoms with van der Waals surface area (Å²) in [5.74, 6) is 0.147. The van der Waals surface area contributed by atoms with Crippen LogP contribution in [0.3, 0.4) is 0 Å². The van der Waals surface area contributed by atoms with Crippen molar-refractivity contribution in [2.24, 2.45) is 5.73 Å².